The summed E-state index contributed by atoms with van der Waals surface area (Å²) < 4.78 is 11.5. The second-order valence-corrected chi connectivity index (χ2v) is 6.88. The average molecular weight is 332 g/mol. The Morgan fingerprint density at radius 3 is 3.13 bits per heavy atom. The highest BCUT2D eigenvalue weighted by atomic mass is 32.1. The minimum atomic E-state index is 0.276. The third-order valence-corrected chi connectivity index (χ3v) is 4.85. The van der Waals surface area contributed by atoms with Crippen molar-refractivity contribution in [1.29, 1.82) is 0 Å². The molecule has 2 aromatic rings. The molecule has 0 bridgehead atoms. The molecule has 0 unspecified atom stereocenters. The van der Waals surface area contributed by atoms with Crippen molar-refractivity contribution in [3.05, 3.63) is 45.9 Å². The quantitative estimate of drug-likeness (QED) is 0.827. The first kappa shape index (κ1) is 16.4. The lowest BCUT2D eigenvalue weighted by molar-refractivity contribution is -0.0447. The van der Waals surface area contributed by atoms with Crippen LogP contribution < -0.4 is 5.32 Å². The molecule has 0 amide bonds. The van der Waals surface area contributed by atoms with Gasteiger partial charge in [-0.3, -0.25) is 0 Å². The van der Waals surface area contributed by atoms with Gasteiger partial charge >= 0.3 is 0 Å². The second kappa shape index (κ2) is 8.43. The lowest BCUT2D eigenvalue weighted by Crippen LogP contribution is -2.24. The van der Waals surface area contributed by atoms with Gasteiger partial charge in [0.25, 0.3) is 0 Å². The Balaban J connectivity index is 1.44. The molecule has 23 heavy (non-hydrogen) atoms. The van der Waals surface area contributed by atoms with Crippen LogP contribution in [-0.2, 0) is 22.6 Å². The Morgan fingerprint density at radius 1 is 1.39 bits per heavy atom. The maximum absolute atomic E-state index is 5.82. The molecule has 1 N–H and O–H groups in total. The summed E-state index contributed by atoms with van der Waals surface area (Å²) in [7, 11) is 0. The molecule has 0 spiro atoms. The predicted molar refractivity (Wildman–Crippen MR) is 93.9 cm³/mol. The van der Waals surface area contributed by atoms with Crippen LogP contribution in [0.5, 0.6) is 0 Å². The molecule has 124 valence electrons. The van der Waals surface area contributed by atoms with E-state index in [-0.39, 0.29) is 6.10 Å². The number of nitrogens with zero attached hydrogens (tertiary/aromatic N) is 1. The molecule has 1 aliphatic rings. The Bertz CT molecular complexity index is 609. The van der Waals surface area contributed by atoms with Gasteiger partial charge in [0.15, 0.2) is 0 Å². The molecule has 1 aliphatic heterocycles. The maximum Gasteiger partial charge on any atom is 0.112 e. The summed E-state index contributed by atoms with van der Waals surface area (Å²) in [6.45, 7) is 4.98. The highest BCUT2D eigenvalue weighted by Gasteiger charge is 2.13. The molecule has 1 atom stereocenters. The minimum absolute atomic E-state index is 0.276. The van der Waals surface area contributed by atoms with Gasteiger partial charge in [0.1, 0.15) is 5.01 Å². The number of ether oxygens (including phenoxy) is 2. The van der Waals surface area contributed by atoms with E-state index in [1.807, 2.05) is 6.92 Å². The standard InChI is InChI=1S/C18H24N2O2S/c1-14-13-23-18(20-14)10-19-16-6-4-5-15(9-16)11-21-12-17-7-2-3-8-22-17/h4-6,9,13,17,19H,2-3,7-8,10-12H2,1H3/t17-/m1/s1. The van der Waals surface area contributed by atoms with E-state index < -0.39 is 0 Å². The number of hydrogen-bond donors (Lipinski definition) is 1. The smallest absolute Gasteiger partial charge is 0.112 e. The van der Waals surface area contributed by atoms with Gasteiger partial charge < -0.3 is 14.8 Å². The van der Waals surface area contributed by atoms with Crippen LogP contribution in [0, 0.1) is 6.92 Å². The number of anilines is 1. The van der Waals surface area contributed by atoms with Gasteiger partial charge in [0.2, 0.25) is 0 Å². The zero-order valence-electron chi connectivity index (χ0n) is 13.6. The first-order valence-electron chi connectivity index (χ1n) is 8.23. The van der Waals surface area contributed by atoms with Crippen LogP contribution in [-0.4, -0.2) is 24.3 Å². The van der Waals surface area contributed by atoms with Crippen LogP contribution in [0.4, 0.5) is 5.69 Å². The predicted octanol–water partition coefficient (Wildman–Crippen LogP) is 4.15. The van der Waals surface area contributed by atoms with Crippen molar-refractivity contribution in [3.8, 4) is 0 Å². The summed E-state index contributed by atoms with van der Waals surface area (Å²) >= 11 is 1.69. The van der Waals surface area contributed by atoms with E-state index in [9.17, 15) is 0 Å². The van der Waals surface area contributed by atoms with Crippen LogP contribution in [0.3, 0.4) is 0 Å². The van der Waals surface area contributed by atoms with Crippen molar-refractivity contribution < 1.29 is 9.47 Å². The highest BCUT2D eigenvalue weighted by molar-refractivity contribution is 7.09. The molecule has 1 aromatic carbocycles. The van der Waals surface area contributed by atoms with Crippen LogP contribution in [0.2, 0.25) is 0 Å². The normalized spacial score (nSPS) is 18.0. The van der Waals surface area contributed by atoms with Crippen LogP contribution in [0.1, 0.15) is 35.5 Å². The molecule has 1 fully saturated rings. The molecule has 0 radical (unpaired) electrons. The number of benzene rings is 1. The monoisotopic (exact) mass is 332 g/mol. The van der Waals surface area contributed by atoms with Crippen molar-refractivity contribution in [2.75, 3.05) is 18.5 Å². The van der Waals surface area contributed by atoms with Crippen molar-refractivity contribution in [2.24, 2.45) is 0 Å². The number of rotatable bonds is 7. The molecular formula is C18H24N2O2S. The fourth-order valence-corrected chi connectivity index (χ4v) is 3.39. The number of nitrogens with one attached hydrogen (secondary N) is 1. The Labute approximate surface area is 141 Å². The Kier molecular flexibility index (Phi) is 6.02. The van der Waals surface area contributed by atoms with Gasteiger partial charge in [0, 0.05) is 23.4 Å². The molecule has 1 aromatic heterocycles. The number of thiazole rings is 1. The third-order valence-electron chi connectivity index (χ3n) is 3.88. The summed E-state index contributed by atoms with van der Waals surface area (Å²) in [6, 6.07) is 8.38. The lowest BCUT2D eigenvalue weighted by atomic mass is 10.1. The van der Waals surface area contributed by atoms with Crippen LogP contribution in [0.15, 0.2) is 29.6 Å². The largest absolute Gasteiger partial charge is 0.379 e. The van der Waals surface area contributed by atoms with Gasteiger partial charge in [-0.15, -0.1) is 11.3 Å². The Hall–Kier alpha value is -1.43. The summed E-state index contributed by atoms with van der Waals surface area (Å²) in [5, 5.41) is 6.61. The minimum Gasteiger partial charge on any atom is -0.379 e. The fourth-order valence-electron chi connectivity index (χ4n) is 2.68. The number of aryl methyl sites for hydroxylation is 1. The van der Waals surface area contributed by atoms with E-state index in [1.54, 1.807) is 11.3 Å². The van der Waals surface area contributed by atoms with Crippen molar-refractivity contribution >= 4 is 17.0 Å². The van der Waals surface area contributed by atoms with E-state index in [2.05, 4.69) is 39.9 Å². The summed E-state index contributed by atoms with van der Waals surface area (Å²) in [4.78, 5) is 4.47. The first-order valence-corrected chi connectivity index (χ1v) is 9.11. The van der Waals surface area contributed by atoms with Crippen molar-refractivity contribution in [2.45, 2.75) is 45.4 Å². The fraction of sp³-hybridized carbons (Fsp3) is 0.500. The SMILES string of the molecule is Cc1csc(CNc2cccc(COC[C@H]3CCCCO3)c2)n1. The molecule has 4 nitrogen and oxygen atoms in total. The van der Waals surface area contributed by atoms with E-state index in [4.69, 9.17) is 9.47 Å². The van der Waals surface area contributed by atoms with Crippen molar-refractivity contribution in [1.82, 2.24) is 4.98 Å². The highest BCUT2D eigenvalue weighted by Crippen LogP contribution is 2.16. The third kappa shape index (κ3) is 5.30. The van der Waals surface area contributed by atoms with Crippen LogP contribution in [0.25, 0.3) is 0 Å². The van der Waals surface area contributed by atoms with E-state index in [1.165, 1.54) is 18.4 Å². The zero-order valence-corrected chi connectivity index (χ0v) is 14.4. The number of aromatic nitrogens is 1. The van der Waals surface area contributed by atoms with Crippen molar-refractivity contribution in [3.63, 3.8) is 0 Å². The maximum atomic E-state index is 5.82. The average Bonchev–Trinajstić information content (AvgIpc) is 3.00. The molecule has 1 saturated heterocycles. The second-order valence-electron chi connectivity index (χ2n) is 5.94. The molecule has 5 heteroatoms. The molecule has 0 saturated carbocycles. The topological polar surface area (TPSA) is 43.4 Å². The molecule has 3 rings (SSSR count). The number of hydrogen-bond acceptors (Lipinski definition) is 5. The Morgan fingerprint density at radius 2 is 2.35 bits per heavy atom. The first-order chi connectivity index (χ1) is 11.3. The van der Waals surface area contributed by atoms with Gasteiger partial charge in [-0.25, -0.2) is 4.98 Å². The van der Waals surface area contributed by atoms with Gasteiger partial charge in [-0.05, 0) is 43.9 Å². The van der Waals surface area contributed by atoms with Gasteiger partial charge in [-0.2, -0.15) is 0 Å². The van der Waals surface area contributed by atoms with E-state index >= 15 is 0 Å². The molecule has 2 heterocycles. The summed E-state index contributed by atoms with van der Waals surface area (Å²) in [6.07, 6.45) is 3.83. The summed E-state index contributed by atoms with van der Waals surface area (Å²) in [5.74, 6) is 0. The molecule has 0 aliphatic carbocycles. The summed E-state index contributed by atoms with van der Waals surface area (Å²) in [5.41, 5.74) is 3.37. The van der Waals surface area contributed by atoms with Gasteiger partial charge in [0.05, 0.1) is 25.9 Å². The zero-order chi connectivity index (χ0) is 15.9. The van der Waals surface area contributed by atoms with Gasteiger partial charge in [-0.1, -0.05) is 12.1 Å². The van der Waals surface area contributed by atoms with Crippen LogP contribution >= 0.6 is 11.3 Å². The molecular weight excluding hydrogens is 308 g/mol. The lowest BCUT2D eigenvalue weighted by Gasteiger charge is -2.22. The van der Waals surface area contributed by atoms with E-state index in [0.29, 0.717) is 13.2 Å². The van der Waals surface area contributed by atoms with E-state index in [0.717, 1.165) is 36.0 Å².